The van der Waals surface area contributed by atoms with Crippen LogP contribution in [0.15, 0.2) is 46.5 Å². The van der Waals surface area contributed by atoms with Crippen LogP contribution >= 0.6 is 22.7 Å². The molecule has 0 spiro atoms. The summed E-state index contributed by atoms with van der Waals surface area (Å²) in [6.07, 6.45) is 0. The summed E-state index contributed by atoms with van der Waals surface area (Å²) in [7, 11) is 3.81. The first-order valence-electron chi connectivity index (χ1n) is 7.03. The molecule has 0 radical (unpaired) electrons. The molecule has 114 valence electrons. The summed E-state index contributed by atoms with van der Waals surface area (Å²) in [4.78, 5) is 7.00. The highest BCUT2D eigenvalue weighted by Crippen LogP contribution is 2.26. The van der Waals surface area contributed by atoms with Gasteiger partial charge in [-0.15, -0.1) is 11.3 Å². The molecular formula is C17H18N2OS2. The molecule has 3 rings (SSSR count). The Labute approximate surface area is 138 Å². The van der Waals surface area contributed by atoms with Gasteiger partial charge in [-0.2, -0.15) is 11.3 Å². The second kappa shape index (κ2) is 7.05. The molecule has 5 heteroatoms. The monoisotopic (exact) mass is 330 g/mol. The third-order valence-electron chi connectivity index (χ3n) is 3.36. The van der Waals surface area contributed by atoms with Gasteiger partial charge < -0.3 is 4.74 Å². The van der Waals surface area contributed by atoms with E-state index in [2.05, 4.69) is 46.3 Å². The topological polar surface area (TPSA) is 25.4 Å². The van der Waals surface area contributed by atoms with E-state index in [0.717, 1.165) is 29.5 Å². The fourth-order valence-electron chi connectivity index (χ4n) is 2.27. The van der Waals surface area contributed by atoms with Gasteiger partial charge >= 0.3 is 0 Å². The summed E-state index contributed by atoms with van der Waals surface area (Å²) < 4.78 is 5.19. The molecule has 0 aliphatic carbocycles. The Morgan fingerprint density at radius 2 is 1.91 bits per heavy atom. The molecular weight excluding hydrogens is 312 g/mol. The molecule has 0 atom stereocenters. The van der Waals surface area contributed by atoms with Crippen LogP contribution in [0.25, 0.3) is 10.6 Å². The minimum absolute atomic E-state index is 0.854. The molecule has 0 saturated heterocycles. The molecule has 3 aromatic rings. The van der Waals surface area contributed by atoms with Gasteiger partial charge in [0.25, 0.3) is 0 Å². The zero-order chi connectivity index (χ0) is 15.4. The highest BCUT2D eigenvalue weighted by atomic mass is 32.1. The molecule has 0 aliphatic rings. The Morgan fingerprint density at radius 3 is 2.59 bits per heavy atom. The first-order valence-corrected chi connectivity index (χ1v) is 8.85. The van der Waals surface area contributed by atoms with E-state index in [1.165, 1.54) is 11.1 Å². The lowest BCUT2D eigenvalue weighted by Crippen LogP contribution is -2.17. The van der Waals surface area contributed by atoms with Crippen LogP contribution < -0.4 is 4.74 Å². The van der Waals surface area contributed by atoms with Gasteiger partial charge in [0, 0.05) is 29.4 Å². The normalized spacial score (nSPS) is 11.0. The van der Waals surface area contributed by atoms with Gasteiger partial charge in [0.15, 0.2) is 0 Å². The number of rotatable bonds is 6. The van der Waals surface area contributed by atoms with Gasteiger partial charge in [-0.05, 0) is 36.2 Å². The van der Waals surface area contributed by atoms with Gasteiger partial charge in [-0.25, -0.2) is 4.98 Å². The number of aromatic nitrogens is 1. The zero-order valence-electron chi connectivity index (χ0n) is 12.7. The van der Waals surface area contributed by atoms with Crippen LogP contribution in [0.4, 0.5) is 0 Å². The quantitative estimate of drug-likeness (QED) is 0.665. The van der Waals surface area contributed by atoms with Crippen molar-refractivity contribution >= 4 is 22.7 Å². The Kier molecular flexibility index (Phi) is 4.87. The van der Waals surface area contributed by atoms with Gasteiger partial charge in [0.1, 0.15) is 10.8 Å². The van der Waals surface area contributed by atoms with Crippen LogP contribution in [0, 0.1) is 0 Å². The zero-order valence-corrected chi connectivity index (χ0v) is 14.3. The molecule has 3 nitrogen and oxygen atoms in total. The summed E-state index contributed by atoms with van der Waals surface area (Å²) in [5.41, 5.74) is 3.62. The lowest BCUT2D eigenvalue weighted by Gasteiger charge is -2.15. The number of thiazole rings is 1. The predicted molar refractivity (Wildman–Crippen MR) is 93.6 cm³/mol. The van der Waals surface area contributed by atoms with Crippen LogP contribution in [-0.2, 0) is 13.1 Å². The van der Waals surface area contributed by atoms with E-state index >= 15 is 0 Å². The van der Waals surface area contributed by atoms with Crippen molar-refractivity contribution in [1.82, 2.24) is 9.88 Å². The molecule has 0 aliphatic heterocycles. The average molecular weight is 330 g/mol. The van der Waals surface area contributed by atoms with Crippen molar-refractivity contribution in [2.75, 3.05) is 14.2 Å². The van der Waals surface area contributed by atoms with Crippen LogP contribution in [0.5, 0.6) is 5.75 Å². The van der Waals surface area contributed by atoms with Crippen LogP contribution in [0.3, 0.4) is 0 Å². The van der Waals surface area contributed by atoms with E-state index in [1.54, 1.807) is 29.8 Å². The van der Waals surface area contributed by atoms with Crippen molar-refractivity contribution in [1.29, 1.82) is 0 Å². The van der Waals surface area contributed by atoms with E-state index in [1.807, 2.05) is 12.1 Å². The predicted octanol–water partition coefficient (Wildman–Crippen LogP) is 4.51. The SMILES string of the molecule is COc1ccc(CN(C)Cc2csc(-c3ccsc3)n2)cc1. The number of nitrogens with zero attached hydrogens (tertiary/aromatic N) is 2. The largest absolute Gasteiger partial charge is 0.497 e. The number of ether oxygens (including phenoxy) is 1. The molecule has 0 fully saturated rings. The van der Waals surface area contributed by atoms with Crippen molar-refractivity contribution in [2.45, 2.75) is 13.1 Å². The lowest BCUT2D eigenvalue weighted by atomic mass is 10.2. The standard InChI is InChI=1S/C17H18N2OS2/c1-19(9-13-3-5-16(20-2)6-4-13)10-15-12-22-17(18-15)14-7-8-21-11-14/h3-8,11-12H,9-10H2,1-2H3. The van der Waals surface area contributed by atoms with Crippen molar-refractivity contribution in [3.8, 4) is 16.3 Å². The average Bonchev–Trinajstić information content (AvgIpc) is 3.19. The summed E-state index contributed by atoms with van der Waals surface area (Å²) in [5, 5.41) is 7.49. The maximum Gasteiger partial charge on any atom is 0.124 e. The molecule has 0 saturated carbocycles. The Morgan fingerprint density at radius 1 is 1.09 bits per heavy atom. The minimum atomic E-state index is 0.854. The third-order valence-corrected chi connectivity index (χ3v) is 4.99. The van der Waals surface area contributed by atoms with E-state index < -0.39 is 0 Å². The third kappa shape index (κ3) is 3.74. The Hall–Kier alpha value is -1.69. The Balaban J connectivity index is 1.60. The van der Waals surface area contributed by atoms with Crippen molar-refractivity contribution in [3.63, 3.8) is 0 Å². The second-order valence-electron chi connectivity index (χ2n) is 5.18. The smallest absolute Gasteiger partial charge is 0.124 e. The fourth-order valence-corrected chi connectivity index (χ4v) is 3.80. The molecule has 2 aromatic heterocycles. The highest BCUT2D eigenvalue weighted by molar-refractivity contribution is 7.14. The first kappa shape index (κ1) is 15.2. The molecule has 2 heterocycles. The van der Waals surface area contributed by atoms with E-state index in [0.29, 0.717) is 0 Å². The van der Waals surface area contributed by atoms with Gasteiger partial charge in [0.05, 0.1) is 12.8 Å². The summed E-state index contributed by atoms with van der Waals surface area (Å²) in [6.45, 7) is 1.75. The van der Waals surface area contributed by atoms with Gasteiger partial charge in [-0.3, -0.25) is 4.90 Å². The summed E-state index contributed by atoms with van der Waals surface area (Å²) in [5.74, 6) is 0.895. The van der Waals surface area contributed by atoms with Crippen LogP contribution in [0.2, 0.25) is 0 Å². The highest BCUT2D eigenvalue weighted by Gasteiger charge is 2.08. The maximum absolute atomic E-state index is 5.19. The van der Waals surface area contributed by atoms with Crippen molar-refractivity contribution in [3.05, 3.63) is 57.7 Å². The second-order valence-corrected chi connectivity index (χ2v) is 6.81. The first-order chi connectivity index (χ1) is 10.7. The molecule has 0 N–H and O–H groups in total. The van der Waals surface area contributed by atoms with E-state index in [9.17, 15) is 0 Å². The number of hydrogen-bond acceptors (Lipinski definition) is 5. The molecule has 0 unspecified atom stereocenters. The van der Waals surface area contributed by atoms with Crippen LogP contribution in [-0.4, -0.2) is 24.0 Å². The molecule has 0 bridgehead atoms. The summed E-state index contributed by atoms with van der Waals surface area (Å²) in [6, 6.07) is 10.3. The number of methoxy groups -OCH3 is 1. The molecule has 0 amide bonds. The van der Waals surface area contributed by atoms with E-state index in [-0.39, 0.29) is 0 Å². The Bertz CT molecular complexity index is 705. The van der Waals surface area contributed by atoms with Crippen LogP contribution in [0.1, 0.15) is 11.3 Å². The van der Waals surface area contributed by atoms with Crippen molar-refractivity contribution < 1.29 is 4.74 Å². The minimum Gasteiger partial charge on any atom is -0.497 e. The number of benzene rings is 1. The number of thiophene rings is 1. The van der Waals surface area contributed by atoms with Crippen molar-refractivity contribution in [2.24, 2.45) is 0 Å². The number of hydrogen-bond donors (Lipinski definition) is 0. The summed E-state index contributed by atoms with van der Waals surface area (Å²) >= 11 is 3.42. The van der Waals surface area contributed by atoms with Gasteiger partial charge in [0.2, 0.25) is 0 Å². The molecule has 1 aromatic carbocycles. The van der Waals surface area contributed by atoms with E-state index in [4.69, 9.17) is 9.72 Å². The lowest BCUT2D eigenvalue weighted by molar-refractivity contribution is 0.315. The maximum atomic E-state index is 5.19. The molecule has 22 heavy (non-hydrogen) atoms. The fraction of sp³-hybridized carbons (Fsp3) is 0.235. The van der Waals surface area contributed by atoms with Gasteiger partial charge in [-0.1, -0.05) is 12.1 Å².